The zero-order valence-corrected chi connectivity index (χ0v) is 35.2. The average molecular weight is 812 g/mol. The minimum absolute atomic E-state index is 0.00735. The molecule has 0 radical (unpaired) electrons. The highest BCUT2D eigenvalue weighted by molar-refractivity contribution is 6.30. The van der Waals surface area contributed by atoms with Gasteiger partial charge in [0.1, 0.15) is 18.2 Å². The van der Waals surface area contributed by atoms with Gasteiger partial charge in [-0.05, 0) is 86.4 Å². The van der Waals surface area contributed by atoms with Crippen molar-refractivity contribution in [2.24, 2.45) is 5.92 Å². The van der Waals surface area contributed by atoms with Crippen molar-refractivity contribution >= 4 is 35.5 Å². The molecule has 2 saturated heterocycles. The fourth-order valence-electron chi connectivity index (χ4n) is 9.10. The van der Waals surface area contributed by atoms with E-state index in [1.54, 1.807) is 32.9 Å². The molecule has 0 spiro atoms. The first-order chi connectivity index (χ1) is 27.8. The molecule has 4 aliphatic rings. The average Bonchev–Trinajstić information content (AvgIpc) is 3.77. The fourth-order valence-corrected chi connectivity index (χ4v) is 9.23. The molecular weight excluding hydrogens is 754 g/mol. The van der Waals surface area contributed by atoms with Gasteiger partial charge in [0.05, 0.1) is 12.1 Å². The smallest absolute Gasteiger partial charge is 0.411 e. The molecule has 12 heteroatoms. The molecule has 1 saturated carbocycles. The normalized spacial score (nSPS) is 21.5. The number of hydrogen-bond acceptors (Lipinski definition) is 8. The molecule has 11 nitrogen and oxygen atoms in total. The highest BCUT2D eigenvalue weighted by Gasteiger charge is 2.51. The molecule has 3 amide bonds. The number of ether oxygens (including phenoxy) is 2. The second-order valence-electron chi connectivity index (χ2n) is 17.6. The summed E-state index contributed by atoms with van der Waals surface area (Å²) in [5.41, 5.74) is 7.66. The molecule has 0 aromatic heterocycles. The van der Waals surface area contributed by atoms with Gasteiger partial charge in [0.2, 0.25) is 5.91 Å². The van der Waals surface area contributed by atoms with E-state index in [1.807, 2.05) is 55.3 Å². The molecule has 7 rings (SSSR count). The Kier molecular flexibility index (Phi) is 12.8. The van der Waals surface area contributed by atoms with E-state index in [4.69, 9.17) is 21.1 Å². The van der Waals surface area contributed by atoms with Crippen LogP contribution in [0.15, 0.2) is 72.8 Å². The maximum absolute atomic E-state index is 14.3. The summed E-state index contributed by atoms with van der Waals surface area (Å²) in [7, 11) is 0. The Balaban J connectivity index is 1.08. The lowest BCUT2D eigenvalue weighted by molar-refractivity contribution is -0.157. The number of hydrogen-bond donors (Lipinski definition) is 2. The van der Waals surface area contributed by atoms with Gasteiger partial charge in [-0.1, -0.05) is 105 Å². The summed E-state index contributed by atoms with van der Waals surface area (Å²) in [6.07, 6.45) is 5.94. The number of halogens is 1. The van der Waals surface area contributed by atoms with Gasteiger partial charge in [-0.15, -0.1) is 0 Å². The van der Waals surface area contributed by atoms with Crippen molar-refractivity contribution in [2.75, 3.05) is 26.2 Å². The lowest BCUT2D eigenvalue weighted by Crippen LogP contribution is -2.73. The molecule has 2 N–H and O–H groups in total. The van der Waals surface area contributed by atoms with Crippen molar-refractivity contribution in [1.29, 1.82) is 0 Å². The van der Waals surface area contributed by atoms with Crippen LogP contribution in [0, 0.1) is 5.92 Å². The highest BCUT2D eigenvalue weighted by Crippen LogP contribution is 2.44. The summed E-state index contributed by atoms with van der Waals surface area (Å²) in [6, 6.07) is 21.5. The number of esters is 1. The summed E-state index contributed by atoms with van der Waals surface area (Å²) < 4.78 is 11.8. The molecule has 310 valence electrons. The van der Waals surface area contributed by atoms with Crippen LogP contribution in [-0.2, 0) is 30.3 Å². The Hall–Kier alpha value is -4.45. The summed E-state index contributed by atoms with van der Waals surface area (Å²) in [5.74, 6) is -0.925. The zero-order chi connectivity index (χ0) is 41.1. The summed E-state index contributed by atoms with van der Waals surface area (Å²) in [5, 5.41) is 5.97. The van der Waals surface area contributed by atoms with Crippen molar-refractivity contribution in [1.82, 2.24) is 25.6 Å². The zero-order valence-electron chi connectivity index (χ0n) is 34.4. The van der Waals surface area contributed by atoms with Gasteiger partial charge in [0.15, 0.2) is 0 Å². The van der Waals surface area contributed by atoms with Crippen LogP contribution in [0.1, 0.15) is 95.8 Å². The SMILES string of the molecule is CC(C)C(=O)N(C1CCCCC1)[C@H]1CCN(NC(=O)[C@@H](Cc2ccc(Cl)cc2)NC2CN(C(=O)OC(C)(C)C)C2C(=O)OCC2c3ccccc3-c3ccccc32)C1. The Morgan fingerprint density at radius 3 is 2.10 bits per heavy atom. The van der Waals surface area contributed by atoms with Gasteiger partial charge < -0.3 is 14.4 Å². The lowest BCUT2D eigenvalue weighted by Gasteiger charge is -2.47. The van der Waals surface area contributed by atoms with Gasteiger partial charge in [-0.2, -0.15) is 0 Å². The Bertz CT molecular complexity index is 1910. The molecule has 2 unspecified atom stereocenters. The van der Waals surface area contributed by atoms with Crippen molar-refractivity contribution in [2.45, 2.75) is 121 Å². The predicted molar refractivity (Wildman–Crippen MR) is 224 cm³/mol. The first-order valence-corrected chi connectivity index (χ1v) is 21.4. The number of carbonyl (C=O) groups excluding carboxylic acids is 4. The predicted octanol–water partition coefficient (Wildman–Crippen LogP) is 7.11. The van der Waals surface area contributed by atoms with E-state index < -0.39 is 35.8 Å². The topological polar surface area (TPSA) is 121 Å². The van der Waals surface area contributed by atoms with Crippen LogP contribution >= 0.6 is 11.6 Å². The third-order valence-electron chi connectivity index (χ3n) is 12.0. The summed E-state index contributed by atoms with van der Waals surface area (Å²) >= 11 is 6.22. The largest absolute Gasteiger partial charge is 0.463 e. The fraction of sp³-hybridized carbons (Fsp3) is 0.522. The number of benzene rings is 3. The van der Waals surface area contributed by atoms with E-state index in [1.165, 1.54) is 11.3 Å². The van der Waals surface area contributed by atoms with E-state index in [0.29, 0.717) is 24.5 Å². The first kappa shape index (κ1) is 41.7. The van der Waals surface area contributed by atoms with Crippen LogP contribution in [0.25, 0.3) is 11.1 Å². The van der Waals surface area contributed by atoms with Gasteiger partial charge >= 0.3 is 12.1 Å². The number of fused-ring (bicyclic) bond motifs is 3. The molecule has 3 aromatic carbocycles. The van der Waals surface area contributed by atoms with Crippen LogP contribution < -0.4 is 10.7 Å². The summed E-state index contributed by atoms with van der Waals surface area (Å²) in [6.45, 7) is 10.7. The lowest BCUT2D eigenvalue weighted by atomic mass is 9.92. The quantitative estimate of drug-likeness (QED) is 0.186. The standard InChI is InChI=1S/C46H58ClN5O6/c1-29(2)43(54)52(32-13-7-6-8-14-32)33-23-24-50(26-33)49-42(53)39(25-30-19-21-31(47)22-20-30)48-40-27-51(45(56)58-46(3,4)5)41(40)44(55)57-28-38-36-17-11-9-15-34(36)35-16-10-12-18-37(35)38/h9-12,15-22,29,32-33,38-41,48H,6-8,13-14,23-28H2,1-5H3,(H,49,53)/t33-,39+,40?,41?/m0/s1. The minimum atomic E-state index is -1.02. The number of hydrazine groups is 1. The van der Waals surface area contributed by atoms with Crippen LogP contribution in [0.5, 0.6) is 0 Å². The number of nitrogens with zero attached hydrogens (tertiary/aromatic N) is 3. The van der Waals surface area contributed by atoms with Crippen molar-refractivity contribution in [3.05, 3.63) is 94.5 Å². The Morgan fingerprint density at radius 2 is 1.48 bits per heavy atom. The van der Waals surface area contributed by atoms with Crippen LogP contribution in [0.2, 0.25) is 5.02 Å². The Labute approximate surface area is 347 Å². The molecule has 4 atom stereocenters. The molecule has 2 heterocycles. The first-order valence-electron chi connectivity index (χ1n) is 21.0. The number of amides is 3. The number of nitrogens with one attached hydrogen (secondary N) is 2. The monoisotopic (exact) mass is 811 g/mol. The van der Waals surface area contributed by atoms with Gasteiger partial charge in [0.25, 0.3) is 5.91 Å². The Morgan fingerprint density at radius 1 is 0.845 bits per heavy atom. The van der Waals surface area contributed by atoms with E-state index in [0.717, 1.165) is 59.9 Å². The van der Waals surface area contributed by atoms with Gasteiger partial charge in [-0.3, -0.25) is 25.2 Å². The minimum Gasteiger partial charge on any atom is -0.463 e. The molecule has 2 aliphatic carbocycles. The van der Waals surface area contributed by atoms with Gasteiger partial charge in [-0.25, -0.2) is 14.6 Å². The van der Waals surface area contributed by atoms with Crippen LogP contribution in [-0.4, -0.2) is 101 Å². The van der Waals surface area contributed by atoms with Crippen LogP contribution in [0.4, 0.5) is 4.79 Å². The number of rotatable bonds is 12. The summed E-state index contributed by atoms with van der Waals surface area (Å²) in [4.78, 5) is 59.1. The second-order valence-corrected chi connectivity index (χ2v) is 18.1. The second kappa shape index (κ2) is 17.8. The van der Waals surface area contributed by atoms with Crippen molar-refractivity contribution in [3.8, 4) is 11.1 Å². The molecule has 3 aromatic rings. The van der Waals surface area contributed by atoms with Gasteiger partial charge in [0, 0.05) is 48.6 Å². The van der Waals surface area contributed by atoms with E-state index >= 15 is 0 Å². The van der Waals surface area contributed by atoms with E-state index in [-0.39, 0.29) is 48.9 Å². The van der Waals surface area contributed by atoms with E-state index in [9.17, 15) is 19.2 Å². The van der Waals surface area contributed by atoms with Crippen molar-refractivity contribution < 1.29 is 28.7 Å². The molecular formula is C46H58ClN5O6. The van der Waals surface area contributed by atoms with E-state index in [2.05, 4.69) is 39.9 Å². The highest BCUT2D eigenvalue weighted by atomic mass is 35.5. The number of carbonyl (C=O) groups is 4. The third kappa shape index (κ3) is 9.37. The molecule has 0 bridgehead atoms. The maximum Gasteiger partial charge on any atom is 0.411 e. The number of likely N-dealkylation sites (tertiary alicyclic amines) is 1. The van der Waals surface area contributed by atoms with Crippen molar-refractivity contribution in [3.63, 3.8) is 0 Å². The third-order valence-corrected chi connectivity index (χ3v) is 12.2. The maximum atomic E-state index is 14.3. The molecule has 3 fully saturated rings. The molecule has 58 heavy (non-hydrogen) atoms. The molecule has 2 aliphatic heterocycles. The van der Waals surface area contributed by atoms with Crippen LogP contribution in [0.3, 0.4) is 0 Å².